The lowest BCUT2D eigenvalue weighted by molar-refractivity contribution is -0.120. The zero-order valence-electron chi connectivity index (χ0n) is 9.75. The Bertz CT molecular complexity index is 600. The Morgan fingerprint density at radius 3 is 2.63 bits per heavy atom. The smallest absolute Gasteiger partial charge is 0.225 e. The van der Waals surface area contributed by atoms with Gasteiger partial charge in [0.2, 0.25) is 5.91 Å². The lowest BCUT2D eigenvalue weighted by atomic mass is 10.2. The maximum Gasteiger partial charge on any atom is 0.225 e. The maximum atomic E-state index is 11.8. The lowest BCUT2D eigenvalue weighted by Gasteiger charge is -2.05. The maximum absolute atomic E-state index is 11.8. The van der Waals surface area contributed by atoms with E-state index in [1.54, 1.807) is 23.5 Å². The van der Waals surface area contributed by atoms with Crippen molar-refractivity contribution >= 4 is 56.4 Å². The molecule has 1 N–H and O–H groups in total. The summed E-state index contributed by atoms with van der Waals surface area (Å²) < 4.78 is 1.03. The van der Waals surface area contributed by atoms with Gasteiger partial charge in [0.1, 0.15) is 0 Å². The molecule has 6 heteroatoms. The van der Waals surface area contributed by atoms with E-state index in [4.69, 9.17) is 23.2 Å². The molecule has 100 valence electrons. The molecule has 0 saturated heterocycles. The van der Waals surface area contributed by atoms with E-state index < -0.39 is 0 Å². The molecule has 0 aliphatic heterocycles. The van der Waals surface area contributed by atoms with Crippen LogP contribution in [0, 0.1) is 0 Å². The largest absolute Gasteiger partial charge is 0.352 e. The first-order valence-electron chi connectivity index (χ1n) is 5.49. The zero-order chi connectivity index (χ0) is 13.8. The van der Waals surface area contributed by atoms with Crippen molar-refractivity contribution in [3.63, 3.8) is 0 Å². The van der Waals surface area contributed by atoms with Crippen LogP contribution >= 0.6 is 50.5 Å². The molecular weight excluding hydrogens is 369 g/mol. The Balaban J connectivity index is 1.88. The van der Waals surface area contributed by atoms with Crippen molar-refractivity contribution in [2.75, 3.05) is 0 Å². The van der Waals surface area contributed by atoms with Gasteiger partial charge in [-0.15, -0.1) is 11.3 Å². The third-order valence-corrected chi connectivity index (χ3v) is 4.80. The number of benzene rings is 1. The molecule has 0 aliphatic rings. The number of amides is 1. The van der Waals surface area contributed by atoms with Gasteiger partial charge in [-0.05, 0) is 45.8 Å². The number of halogens is 3. The summed E-state index contributed by atoms with van der Waals surface area (Å²) in [7, 11) is 0. The van der Waals surface area contributed by atoms with Gasteiger partial charge < -0.3 is 5.32 Å². The van der Waals surface area contributed by atoms with Crippen molar-refractivity contribution in [3.05, 3.63) is 54.6 Å². The molecule has 19 heavy (non-hydrogen) atoms. The third kappa shape index (κ3) is 4.49. The first-order valence-corrected chi connectivity index (χ1v) is 7.86. The van der Waals surface area contributed by atoms with Crippen molar-refractivity contribution in [3.8, 4) is 0 Å². The molecular formula is C13H10BrCl2NOS. The molecule has 1 heterocycles. The molecule has 0 aliphatic carbocycles. The van der Waals surface area contributed by atoms with Crippen LogP contribution in [0.2, 0.25) is 10.0 Å². The fourth-order valence-corrected chi connectivity index (χ4v) is 3.32. The van der Waals surface area contributed by atoms with Gasteiger partial charge >= 0.3 is 0 Å². The molecule has 0 radical (unpaired) electrons. The molecule has 2 nitrogen and oxygen atoms in total. The second kappa shape index (κ2) is 6.75. The van der Waals surface area contributed by atoms with Gasteiger partial charge in [-0.3, -0.25) is 4.79 Å². The molecule has 0 atom stereocenters. The standard InChI is InChI=1S/C13H10BrCl2NOS/c14-12-4-2-9(19-12)6-13(18)17-7-8-1-3-10(15)11(16)5-8/h1-5H,6-7H2,(H,17,18). The molecule has 1 aromatic carbocycles. The molecule has 0 unspecified atom stereocenters. The first kappa shape index (κ1) is 14.9. The highest BCUT2D eigenvalue weighted by molar-refractivity contribution is 9.11. The van der Waals surface area contributed by atoms with Crippen molar-refractivity contribution in [2.45, 2.75) is 13.0 Å². The van der Waals surface area contributed by atoms with Gasteiger partial charge in [0.25, 0.3) is 0 Å². The highest BCUT2D eigenvalue weighted by Crippen LogP contribution is 2.23. The first-order chi connectivity index (χ1) is 9.04. The van der Waals surface area contributed by atoms with Crippen LogP contribution < -0.4 is 5.32 Å². The zero-order valence-corrected chi connectivity index (χ0v) is 13.7. The number of carbonyl (C=O) groups excluding carboxylic acids is 1. The molecule has 0 spiro atoms. The Morgan fingerprint density at radius 2 is 2.00 bits per heavy atom. The average molecular weight is 379 g/mol. The van der Waals surface area contributed by atoms with E-state index in [1.807, 2.05) is 18.2 Å². The summed E-state index contributed by atoms with van der Waals surface area (Å²) in [6.07, 6.45) is 0.386. The number of carbonyl (C=O) groups is 1. The van der Waals surface area contributed by atoms with Crippen LogP contribution in [0.5, 0.6) is 0 Å². The van der Waals surface area contributed by atoms with Crippen LogP contribution in [0.25, 0.3) is 0 Å². The summed E-state index contributed by atoms with van der Waals surface area (Å²) >= 11 is 16.7. The summed E-state index contributed by atoms with van der Waals surface area (Å²) in [4.78, 5) is 12.8. The van der Waals surface area contributed by atoms with E-state index in [1.165, 1.54) is 0 Å². The van der Waals surface area contributed by atoms with Crippen molar-refractivity contribution < 1.29 is 4.79 Å². The Hall–Kier alpha value is -0.550. The second-order valence-corrected chi connectivity index (χ2v) is 7.27. The summed E-state index contributed by atoms with van der Waals surface area (Å²) in [5.41, 5.74) is 0.926. The average Bonchev–Trinajstić information content (AvgIpc) is 2.76. The van der Waals surface area contributed by atoms with Crippen molar-refractivity contribution in [1.82, 2.24) is 5.32 Å². The van der Waals surface area contributed by atoms with Crippen molar-refractivity contribution in [1.29, 1.82) is 0 Å². The van der Waals surface area contributed by atoms with E-state index in [0.29, 0.717) is 23.0 Å². The highest BCUT2D eigenvalue weighted by atomic mass is 79.9. The Kier molecular flexibility index (Phi) is 5.28. The van der Waals surface area contributed by atoms with Gasteiger partial charge in [-0.2, -0.15) is 0 Å². The van der Waals surface area contributed by atoms with E-state index >= 15 is 0 Å². The Morgan fingerprint density at radius 1 is 1.21 bits per heavy atom. The SMILES string of the molecule is O=C(Cc1ccc(Br)s1)NCc1ccc(Cl)c(Cl)c1. The molecule has 0 saturated carbocycles. The number of nitrogens with one attached hydrogen (secondary N) is 1. The number of hydrogen-bond donors (Lipinski definition) is 1. The summed E-state index contributed by atoms with van der Waals surface area (Å²) in [5, 5.41) is 3.86. The van der Waals surface area contributed by atoms with Crippen LogP contribution in [-0.4, -0.2) is 5.91 Å². The predicted molar refractivity (Wildman–Crippen MR) is 84.0 cm³/mol. The van der Waals surface area contributed by atoms with E-state index in [-0.39, 0.29) is 5.91 Å². The second-order valence-electron chi connectivity index (χ2n) is 3.91. The van der Waals surface area contributed by atoms with Gasteiger partial charge in [-0.25, -0.2) is 0 Å². The van der Waals surface area contributed by atoms with Gasteiger partial charge in [0.15, 0.2) is 0 Å². The Labute approximate surface area is 133 Å². The molecule has 0 bridgehead atoms. The van der Waals surface area contributed by atoms with Gasteiger partial charge in [0.05, 0.1) is 20.3 Å². The fraction of sp³-hybridized carbons (Fsp3) is 0.154. The van der Waals surface area contributed by atoms with E-state index in [2.05, 4.69) is 21.2 Å². The summed E-state index contributed by atoms with van der Waals surface area (Å²) in [6.45, 7) is 0.447. The van der Waals surface area contributed by atoms with Crippen LogP contribution in [0.4, 0.5) is 0 Å². The highest BCUT2D eigenvalue weighted by Gasteiger charge is 2.06. The van der Waals surface area contributed by atoms with Crippen LogP contribution in [0.1, 0.15) is 10.4 Å². The van der Waals surface area contributed by atoms with Gasteiger partial charge in [-0.1, -0.05) is 29.3 Å². The fourth-order valence-electron chi connectivity index (χ4n) is 1.52. The number of thiophene rings is 1. The minimum Gasteiger partial charge on any atom is -0.352 e. The van der Waals surface area contributed by atoms with Crippen LogP contribution in [0.15, 0.2) is 34.1 Å². The molecule has 1 amide bonds. The lowest BCUT2D eigenvalue weighted by Crippen LogP contribution is -2.24. The minimum absolute atomic E-state index is 0.0135. The number of hydrogen-bond acceptors (Lipinski definition) is 2. The molecule has 2 rings (SSSR count). The third-order valence-electron chi connectivity index (χ3n) is 2.44. The topological polar surface area (TPSA) is 29.1 Å². The molecule has 0 fully saturated rings. The van der Waals surface area contributed by atoms with E-state index in [9.17, 15) is 4.79 Å². The van der Waals surface area contributed by atoms with Gasteiger partial charge in [0, 0.05) is 11.4 Å². The van der Waals surface area contributed by atoms with Crippen LogP contribution in [0.3, 0.4) is 0 Å². The minimum atomic E-state index is -0.0135. The predicted octanol–water partition coefficient (Wildman–Crippen LogP) is 4.68. The summed E-state index contributed by atoms with van der Waals surface area (Å²) in [5.74, 6) is -0.0135. The van der Waals surface area contributed by atoms with Crippen LogP contribution in [-0.2, 0) is 17.8 Å². The normalized spacial score (nSPS) is 10.5. The quantitative estimate of drug-likeness (QED) is 0.822. The van der Waals surface area contributed by atoms with Crippen molar-refractivity contribution in [2.24, 2.45) is 0 Å². The van der Waals surface area contributed by atoms with E-state index in [0.717, 1.165) is 14.2 Å². The number of rotatable bonds is 4. The molecule has 2 aromatic rings. The molecule has 1 aromatic heterocycles. The summed E-state index contributed by atoms with van der Waals surface area (Å²) in [6, 6.07) is 9.20. The monoisotopic (exact) mass is 377 g/mol.